The Balaban J connectivity index is 1.56. The van der Waals surface area contributed by atoms with Crippen LogP contribution in [-0.2, 0) is 30.5 Å². The van der Waals surface area contributed by atoms with E-state index in [-0.39, 0.29) is 6.09 Å². The Morgan fingerprint density at radius 2 is 1.94 bits per heavy atom. The van der Waals surface area contributed by atoms with Crippen LogP contribution in [-0.4, -0.2) is 33.1 Å². The predicted molar refractivity (Wildman–Crippen MR) is 124 cm³/mol. The number of aryl methyl sites for hydroxylation is 2. The summed E-state index contributed by atoms with van der Waals surface area (Å²) >= 11 is 6.49. The maximum Gasteiger partial charge on any atom is 0.410 e. The van der Waals surface area contributed by atoms with Crippen molar-refractivity contribution in [3.05, 3.63) is 51.9 Å². The largest absolute Gasteiger partial charge is 0.444 e. The number of fused-ring (bicyclic) bond motifs is 4. The van der Waals surface area contributed by atoms with Gasteiger partial charge in [0.15, 0.2) is 5.15 Å². The van der Waals surface area contributed by atoms with E-state index < -0.39 is 5.60 Å². The number of aromatic amines is 1. The van der Waals surface area contributed by atoms with E-state index in [1.54, 1.807) is 4.90 Å². The number of aromatic nitrogens is 2. The predicted octanol–water partition coefficient (Wildman–Crippen LogP) is 6.06. The summed E-state index contributed by atoms with van der Waals surface area (Å²) < 4.78 is 5.59. The summed E-state index contributed by atoms with van der Waals surface area (Å²) in [4.78, 5) is 22.5. The van der Waals surface area contributed by atoms with Gasteiger partial charge in [0.1, 0.15) is 5.60 Å². The molecule has 5 rings (SSSR count). The fourth-order valence-corrected chi connectivity index (χ4v) is 5.12. The van der Waals surface area contributed by atoms with E-state index in [1.807, 2.05) is 27.0 Å². The highest BCUT2D eigenvalue weighted by Crippen LogP contribution is 2.40. The van der Waals surface area contributed by atoms with Gasteiger partial charge in [-0.3, -0.25) is 0 Å². The molecular weight excluding hydrogens is 410 g/mol. The molecule has 2 aliphatic rings. The van der Waals surface area contributed by atoms with Gasteiger partial charge >= 0.3 is 6.09 Å². The van der Waals surface area contributed by atoms with Gasteiger partial charge in [0, 0.05) is 35.9 Å². The number of carbonyl (C=O) groups is 1. The molecule has 0 saturated carbocycles. The Morgan fingerprint density at radius 1 is 1.13 bits per heavy atom. The molecule has 0 fully saturated rings. The molecule has 162 valence electrons. The Bertz CT molecular complexity index is 1180. The third-order valence-corrected chi connectivity index (χ3v) is 6.57. The van der Waals surface area contributed by atoms with Gasteiger partial charge in [0.25, 0.3) is 0 Å². The van der Waals surface area contributed by atoms with E-state index in [1.165, 1.54) is 46.2 Å². The van der Waals surface area contributed by atoms with Crippen LogP contribution in [0.1, 0.15) is 56.0 Å². The second-order valence-electron chi connectivity index (χ2n) is 9.60. The topological polar surface area (TPSA) is 58.2 Å². The van der Waals surface area contributed by atoms with Crippen molar-refractivity contribution in [2.24, 2.45) is 0 Å². The number of carbonyl (C=O) groups excluding carboxylic acids is 1. The molecule has 3 heterocycles. The van der Waals surface area contributed by atoms with E-state index in [9.17, 15) is 4.79 Å². The van der Waals surface area contributed by atoms with Crippen LogP contribution in [0, 0.1) is 0 Å². The summed E-state index contributed by atoms with van der Waals surface area (Å²) in [5, 5.41) is 1.76. The van der Waals surface area contributed by atoms with Crippen molar-refractivity contribution in [1.82, 2.24) is 14.9 Å². The molecule has 1 amide bonds. The lowest BCUT2D eigenvalue weighted by Crippen LogP contribution is -2.40. The summed E-state index contributed by atoms with van der Waals surface area (Å²) in [5.41, 5.74) is 7.95. The summed E-state index contributed by atoms with van der Waals surface area (Å²) in [6.45, 7) is 6.91. The summed E-state index contributed by atoms with van der Waals surface area (Å²) in [7, 11) is 0. The summed E-state index contributed by atoms with van der Waals surface area (Å²) in [5.74, 6) is 0. The van der Waals surface area contributed by atoms with Crippen LogP contribution in [0.4, 0.5) is 4.79 Å². The SMILES string of the molecule is CC(C)(C)OC(=O)N1CCc2c(cccc2-c2cnc(Cl)c3[nH]c4c(c23)CCCC4)C1. The highest BCUT2D eigenvalue weighted by atomic mass is 35.5. The lowest BCUT2D eigenvalue weighted by molar-refractivity contribution is 0.0224. The van der Waals surface area contributed by atoms with Crippen molar-refractivity contribution in [3.8, 4) is 11.1 Å². The Hall–Kier alpha value is -2.53. The molecule has 0 saturated heterocycles. The van der Waals surface area contributed by atoms with Crippen LogP contribution in [0.15, 0.2) is 24.4 Å². The van der Waals surface area contributed by atoms with Crippen molar-refractivity contribution in [2.75, 3.05) is 6.54 Å². The van der Waals surface area contributed by atoms with Crippen molar-refractivity contribution in [2.45, 2.75) is 65.0 Å². The molecule has 1 aromatic carbocycles. The highest BCUT2D eigenvalue weighted by Gasteiger charge is 2.28. The fraction of sp³-hybridized carbons (Fsp3) is 0.440. The first-order valence-electron chi connectivity index (χ1n) is 11.1. The van der Waals surface area contributed by atoms with Crippen LogP contribution in [0.25, 0.3) is 22.0 Å². The maximum absolute atomic E-state index is 12.6. The van der Waals surface area contributed by atoms with Crippen LogP contribution >= 0.6 is 11.6 Å². The van der Waals surface area contributed by atoms with Crippen molar-refractivity contribution in [3.63, 3.8) is 0 Å². The first-order valence-corrected chi connectivity index (χ1v) is 11.5. The molecular formula is C25H28ClN3O2. The van der Waals surface area contributed by atoms with E-state index in [4.69, 9.17) is 16.3 Å². The van der Waals surface area contributed by atoms with Crippen molar-refractivity contribution >= 4 is 28.6 Å². The van der Waals surface area contributed by atoms with Gasteiger partial charge < -0.3 is 14.6 Å². The number of hydrogen-bond donors (Lipinski definition) is 1. The fourth-order valence-electron chi connectivity index (χ4n) is 4.93. The highest BCUT2D eigenvalue weighted by molar-refractivity contribution is 6.34. The maximum atomic E-state index is 12.6. The van der Waals surface area contributed by atoms with Gasteiger partial charge in [-0.2, -0.15) is 0 Å². The third-order valence-electron chi connectivity index (χ3n) is 6.29. The lowest BCUT2D eigenvalue weighted by Gasteiger charge is -2.32. The van der Waals surface area contributed by atoms with Crippen LogP contribution < -0.4 is 0 Å². The number of benzene rings is 1. The normalized spacial score (nSPS) is 16.2. The Labute approximate surface area is 187 Å². The van der Waals surface area contributed by atoms with E-state index >= 15 is 0 Å². The number of rotatable bonds is 1. The standard InChI is InChI=1S/C25H28ClN3O2/c1-25(2,3)31-24(30)29-12-11-16-15(14-29)7-6-9-17(16)19-13-27-23(26)22-21(19)18-8-4-5-10-20(18)28-22/h6-7,9,13,28H,4-5,8,10-12,14H2,1-3H3. The minimum absolute atomic E-state index is 0.251. The number of ether oxygens (including phenoxy) is 1. The van der Waals surface area contributed by atoms with Gasteiger partial charge in [-0.05, 0) is 75.1 Å². The van der Waals surface area contributed by atoms with Gasteiger partial charge in [-0.1, -0.05) is 29.8 Å². The number of nitrogens with zero attached hydrogens (tertiary/aromatic N) is 2. The van der Waals surface area contributed by atoms with Crippen LogP contribution in [0.3, 0.4) is 0 Å². The molecule has 1 N–H and O–H groups in total. The summed E-state index contributed by atoms with van der Waals surface area (Å²) in [6.07, 6.45) is 7.02. The molecule has 2 aromatic heterocycles. The van der Waals surface area contributed by atoms with E-state index in [0.717, 1.165) is 30.3 Å². The lowest BCUT2D eigenvalue weighted by atomic mass is 9.88. The zero-order valence-corrected chi connectivity index (χ0v) is 19.1. The first kappa shape index (κ1) is 20.4. The minimum atomic E-state index is -0.493. The number of amides is 1. The van der Waals surface area contributed by atoms with Crippen molar-refractivity contribution in [1.29, 1.82) is 0 Å². The Kier molecular flexibility index (Phi) is 4.97. The van der Waals surface area contributed by atoms with Crippen LogP contribution in [0.5, 0.6) is 0 Å². The zero-order chi connectivity index (χ0) is 21.8. The molecule has 6 heteroatoms. The van der Waals surface area contributed by atoms with Crippen molar-refractivity contribution < 1.29 is 9.53 Å². The zero-order valence-electron chi connectivity index (χ0n) is 18.3. The average molecular weight is 438 g/mol. The molecule has 0 spiro atoms. The number of pyridine rings is 1. The van der Waals surface area contributed by atoms with Gasteiger partial charge in [-0.15, -0.1) is 0 Å². The monoisotopic (exact) mass is 437 g/mol. The second kappa shape index (κ2) is 7.56. The molecule has 0 bridgehead atoms. The molecule has 3 aromatic rings. The number of H-pyrrole nitrogens is 1. The van der Waals surface area contributed by atoms with E-state index in [2.05, 4.69) is 28.2 Å². The first-order chi connectivity index (χ1) is 14.8. The average Bonchev–Trinajstić information content (AvgIpc) is 3.13. The molecule has 31 heavy (non-hydrogen) atoms. The number of hydrogen-bond acceptors (Lipinski definition) is 3. The number of nitrogens with one attached hydrogen (secondary N) is 1. The Morgan fingerprint density at radius 3 is 2.74 bits per heavy atom. The molecule has 0 radical (unpaired) electrons. The van der Waals surface area contributed by atoms with Gasteiger partial charge in [0.2, 0.25) is 0 Å². The van der Waals surface area contributed by atoms with Crippen LogP contribution in [0.2, 0.25) is 5.15 Å². The molecule has 5 nitrogen and oxygen atoms in total. The third kappa shape index (κ3) is 3.69. The molecule has 0 atom stereocenters. The van der Waals surface area contributed by atoms with E-state index in [0.29, 0.717) is 18.2 Å². The quantitative estimate of drug-likeness (QED) is 0.471. The summed E-state index contributed by atoms with van der Waals surface area (Å²) in [6, 6.07) is 6.36. The molecule has 0 unspecified atom stereocenters. The van der Waals surface area contributed by atoms with Gasteiger partial charge in [0.05, 0.1) is 5.52 Å². The molecule has 1 aliphatic heterocycles. The van der Waals surface area contributed by atoms with Gasteiger partial charge in [-0.25, -0.2) is 9.78 Å². The second-order valence-corrected chi connectivity index (χ2v) is 9.96. The molecule has 1 aliphatic carbocycles. The number of halogens is 1. The minimum Gasteiger partial charge on any atom is -0.444 e. The smallest absolute Gasteiger partial charge is 0.410 e.